The van der Waals surface area contributed by atoms with Gasteiger partial charge in [0.2, 0.25) is 10.0 Å². The third-order valence-electron chi connectivity index (χ3n) is 4.47. The van der Waals surface area contributed by atoms with Crippen LogP contribution in [0.15, 0.2) is 17.0 Å². The number of benzene rings is 1. The molecule has 1 aliphatic heterocycles. The molecule has 1 aromatic carbocycles. The lowest BCUT2D eigenvalue weighted by Gasteiger charge is -2.29. The van der Waals surface area contributed by atoms with Gasteiger partial charge in [-0.15, -0.1) is 0 Å². The van der Waals surface area contributed by atoms with Gasteiger partial charge < -0.3 is 5.73 Å². The zero-order valence-electron chi connectivity index (χ0n) is 13.2. The van der Waals surface area contributed by atoms with Gasteiger partial charge in [-0.2, -0.15) is 4.31 Å². The maximum Gasteiger partial charge on any atom is 0.245 e. The van der Waals surface area contributed by atoms with Crippen LogP contribution in [0.5, 0.6) is 0 Å². The van der Waals surface area contributed by atoms with Crippen molar-refractivity contribution < 1.29 is 8.42 Å². The predicted octanol–water partition coefficient (Wildman–Crippen LogP) is 3.23. The summed E-state index contributed by atoms with van der Waals surface area (Å²) in [6, 6.07) is 3.82. The number of hydrogen-bond donors (Lipinski definition) is 1. The maximum absolute atomic E-state index is 13.1. The van der Waals surface area contributed by atoms with Crippen molar-refractivity contribution >= 4 is 15.7 Å². The van der Waals surface area contributed by atoms with Gasteiger partial charge in [0.15, 0.2) is 0 Å². The third-order valence-corrected chi connectivity index (χ3v) is 6.63. The molecule has 2 N–H and O–H groups in total. The Bertz CT molecular complexity index is 611. The number of anilines is 1. The SMILES string of the molecule is CCC1CCCCCN1S(=O)(=O)c1c(C)ccc(C)c1N. The van der Waals surface area contributed by atoms with Gasteiger partial charge in [-0.05, 0) is 44.2 Å². The second kappa shape index (κ2) is 6.36. The Morgan fingerprint density at radius 2 is 1.86 bits per heavy atom. The second-order valence-electron chi connectivity index (χ2n) is 5.97. The molecule has 1 aromatic rings. The summed E-state index contributed by atoms with van der Waals surface area (Å²) in [7, 11) is -3.52. The zero-order valence-corrected chi connectivity index (χ0v) is 14.0. The molecule has 1 heterocycles. The van der Waals surface area contributed by atoms with Crippen LogP contribution in [0.1, 0.15) is 50.2 Å². The van der Waals surface area contributed by atoms with E-state index in [1.807, 2.05) is 26.0 Å². The topological polar surface area (TPSA) is 63.4 Å². The molecule has 0 bridgehead atoms. The van der Waals surface area contributed by atoms with Crippen molar-refractivity contribution in [2.75, 3.05) is 12.3 Å². The van der Waals surface area contributed by atoms with E-state index in [0.29, 0.717) is 17.1 Å². The van der Waals surface area contributed by atoms with Gasteiger partial charge >= 0.3 is 0 Å². The molecule has 2 rings (SSSR count). The molecular formula is C16H26N2O2S. The summed E-state index contributed by atoms with van der Waals surface area (Å²) in [5.41, 5.74) is 8.05. The number of aryl methyl sites for hydroxylation is 2. The minimum Gasteiger partial charge on any atom is -0.397 e. The number of nitrogen functional groups attached to an aromatic ring is 1. The Kier molecular flexibility index (Phi) is 4.94. The van der Waals surface area contributed by atoms with E-state index >= 15 is 0 Å². The van der Waals surface area contributed by atoms with Crippen LogP contribution in [0.2, 0.25) is 0 Å². The van der Waals surface area contributed by atoms with Crippen LogP contribution in [0.4, 0.5) is 5.69 Å². The van der Waals surface area contributed by atoms with Gasteiger partial charge in [-0.1, -0.05) is 31.9 Å². The van der Waals surface area contributed by atoms with Crippen molar-refractivity contribution in [3.05, 3.63) is 23.3 Å². The van der Waals surface area contributed by atoms with Gasteiger partial charge in [-0.25, -0.2) is 8.42 Å². The summed E-state index contributed by atoms with van der Waals surface area (Å²) in [6.07, 6.45) is 4.93. The predicted molar refractivity (Wildman–Crippen MR) is 86.8 cm³/mol. The molecule has 0 radical (unpaired) electrons. The smallest absolute Gasteiger partial charge is 0.245 e. The minimum absolute atomic E-state index is 0.0943. The first-order chi connectivity index (χ1) is 9.89. The molecule has 0 amide bonds. The summed E-state index contributed by atoms with van der Waals surface area (Å²) < 4.78 is 28.0. The van der Waals surface area contributed by atoms with Crippen molar-refractivity contribution in [1.82, 2.24) is 4.31 Å². The average molecular weight is 310 g/mol. The molecule has 5 heteroatoms. The quantitative estimate of drug-likeness (QED) is 0.872. The van der Waals surface area contributed by atoms with E-state index in [4.69, 9.17) is 5.73 Å². The fourth-order valence-corrected chi connectivity index (χ4v) is 5.31. The molecule has 0 spiro atoms. The highest BCUT2D eigenvalue weighted by Crippen LogP contribution is 2.32. The van der Waals surface area contributed by atoms with E-state index in [1.165, 1.54) is 0 Å². The summed E-state index contributed by atoms with van der Waals surface area (Å²) in [5.74, 6) is 0. The van der Waals surface area contributed by atoms with Crippen LogP contribution >= 0.6 is 0 Å². The van der Waals surface area contributed by atoms with Crippen LogP contribution in [0.25, 0.3) is 0 Å². The van der Waals surface area contributed by atoms with E-state index in [-0.39, 0.29) is 6.04 Å². The van der Waals surface area contributed by atoms with Gasteiger partial charge in [0.25, 0.3) is 0 Å². The lowest BCUT2D eigenvalue weighted by atomic mass is 10.1. The number of nitrogens with zero attached hydrogens (tertiary/aromatic N) is 1. The molecule has 118 valence electrons. The molecule has 1 unspecified atom stereocenters. The highest BCUT2D eigenvalue weighted by molar-refractivity contribution is 7.89. The van der Waals surface area contributed by atoms with Gasteiger partial charge in [0.05, 0.1) is 5.69 Å². The molecule has 1 fully saturated rings. The summed E-state index contributed by atoms with van der Waals surface area (Å²) >= 11 is 0. The van der Waals surface area contributed by atoms with Gasteiger partial charge in [0, 0.05) is 12.6 Å². The number of rotatable bonds is 3. The molecule has 0 saturated carbocycles. The molecule has 0 aliphatic carbocycles. The molecule has 21 heavy (non-hydrogen) atoms. The first-order valence-corrected chi connectivity index (χ1v) is 9.21. The standard InChI is InChI=1S/C16H26N2O2S/c1-4-14-8-6-5-7-11-18(14)21(19,20)16-13(3)10-9-12(2)15(16)17/h9-10,14H,4-8,11,17H2,1-3H3. The Hall–Kier alpha value is -1.07. The number of nitrogens with two attached hydrogens (primary N) is 1. The Balaban J connectivity index is 2.52. The number of hydrogen-bond acceptors (Lipinski definition) is 3. The zero-order chi connectivity index (χ0) is 15.6. The van der Waals surface area contributed by atoms with Crippen LogP contribution in [0, 0.1) is 13.8 Å². The third kappa shape index (κ3) is 3.09. The normalized spacial score (nSPS) is 21.2. The molecule has 0 aromatic heterocycles. The summed E-state index contributed by atoms with van der Waals surface area (Å²) in [5, 5.41) is 0. The first-order valence-electron chi connectivity index (χ1n) is 7.77. The number of sulfonamides is 1. The van der Waals surface area contributed by atoms with E-state index in [9.17, 15) is 8.42 Å². The molecule has 1 atom stereocenters. The van der Waals surface area contributed by atoms with E-state index < -0.39 is 10.0 Å². The largest absolute Gasteiger partial charge is 0.397 e. The van der Waals surface area contributed by atoms with Crippen molar-refractivity contribution in [2.24, 2.45) is 0 Å². The Labute approximate surface area is 128 Å². The minimum atomic E-state index is -3.52. The second-order valence-corrected chi connectivity index (χ2v) is 7.80. The average Bonchev–Trinajstić information content (AvgIpc) is 2.68. The van der Waals surface area contributed by atoms with Crippen LogP contribution in [0.3, 0.4) is 0 Å². The van der Waals surface area contributed by atoms with Crippen LogP contribution < -0.4 is 5.73 Å². The molecular weight excluding hydrogens is 284 g/mol. The molecule has 4 nitrogen and oxygen atoms in total. The first kappa shape index (κ1) is 16.3. The van der Waals surface area contributed by atoms with Crippen molar-refractivity contribution in [2.45, 2.75) is 63.8 Å². The fraction of sp³-hybridized carbons (Fsp3) is 0.625. The Morgan fingerprint density at radius 3 is 2.52 bits per heavy atom. The highest BCUT2D eigenvalue weighted by atomic mass is 32.2. The van der Waals surface area contributed by atoms with E-state index in [2.05, 4.69) is 6.92 Å². The van der Waals surface area contributed by atoms with Crippen molar-refractivity contribution in [3.8, 4) is 0 Å². The van der Waals surface area contributed by atoms with E-state index in [0.717, 1.165) is 43.2 Å². The highest BCUT2D eigenvalue weighted by Gasteiger charge is 2.34. The van der Waals surface area contributed by atoms with Crippen molar-refractivity contribution in [1.29, 1.82) is 0 Å². The Morgan fingerprint density at radius 1 is 1.19 bits per heavy atom. The summed E-state index contributed by atoms with van der Waals surface area (Å²) in [6.45, 7) is 6.34. The lowest BCUT2D eigenvalue weighted by molar-refractivity contribution is 0.315. The van der Waals surface area contributed by atoms with Crippen molar-refractivity contribution in [3.63, 3.8) is 0 Å². The molecule has 1 saturated heterocycles. The maximum atomic E-state index is 13.1. The van der Waals surface area contributed by atoms with Gasteiger partial charge in [0.1, 0.15) is 4.90 Å². The van der Waals surface area contributed by atoms with Gasteiger partial charge in [-0.3, -0.25) is 0 Å². The van der Waals surface area contributed by atoms with E-state index in [1.54, 1.807) is 4.31 Å². The fourth-order valence-electron chi connectivity index (χ4n) is 3.14. The van der Waals surface area contributed by atoms with Crippen LogP contribution in [-0.4, -0.2) is 25.3 Å². The molecule has 1 aliphatic rings. The summed E-state index contributed by atoms with van der Waals surface area (Å²) in [4.78, 5) is 0.308. The van der Waals surface area contributed by atoms with Crippen LogP contribution in [-0.2, 0) is 10.0 Å². The lowest BCUT2D eigenvalue weighted by Crippen LogP contribution is -2.40. The monoisotopic (exact) mass is 310 g/mol.